The van der Waals surface area contributed by atoms with Crippen molar-refractivity contribution < 1.29 is 23.9 Å². The summed E-state index contributed by atoms with van der Waals surface area (Å²) in [6, 6.07) is 24.9. The molecule has 8 nitrogen and oxygen atoms in total. The van der Waals surface area contributed by atoms with Crippen molar-refractivity contribution >= 4 is 17.9 Å². The number of carbonyl (C=O) groups excluding carboxylic acids is 3. The summed E-state index contributed by atoms with van der Waals surface area (Å²) in [5.41, 5.74) is 2.76. The van der Waals surface area contributed by atoms with Crippen molar-refractivity contribution in [3.8, 4) is 5.75 Å². The lowest BCUT2D eigenvalue weighted by Gasteiger charge is -2.27. The third-order valence-corrected chi connectivity index (χ3v) is 7.65. The molecule has 1 fully saturated rings. The monoisotopic (exact) mass is 599 g/mol. The summed E-state index contributed by atoms with van der Waals surface area (Å²) in [7, 11) is 0. The number of nitrogens with one attached hydrogen (secondary N) is 2. The molecule has 4 rings (SSSR count). The van der Waals surface area contributed by atoms with Crippen molar-refractivity contribution in [1.82, 2.24) is 15.5 Å². The Hall–Kier alpha value is -4.33. The van der Waals surface area contributed by atoms with Crippen LogP contribution >= 0.6 is 0 Å². The average molecular weight is 600 g/mol. The van der Waals surface area contributed by atoms with Gasteiger partial charge in [-0.2, -0.15) is 0 Å². The van der Waals surface area contributed by atoms with E-state index in [2.05, 4.69) is 10.6 Å². The van der Waals surface area contributed by atoms with Crippen LogP contribution in [-0.4, -0.2) is 48.0 Å². The Labute approximate surface area is 261 Å². The van der Waals surface area contributed by atoms with Crippen LogP contribution in [0.4, 0.5) is 4.79 Å². The van der Waals surface area contributed by atoms with Gasteiger partial charge in [0.1, 0.15) is 31.0 Å². The first-order valence-electron chi connectivity index (χ1n) is 15.7. The molecular formula is C36H45N3O5. The van der Waals surface area contributed by atoms with Crippen molar-refractivity contribution in [3.63, 3.8) is 0 Å². The fraction of sp³-hybridized carbons (Fsp3) is 0.417. The fourth-order valence-corrected chi connectivity index (χ4v) is 5.21. The topological polar surface area (TPSA) is 97.0 Å². The summed E-state index contributed by atoms with van der Waals surface area (Å²) in [5.74, 6) is -0.0692. The second-order valence-electron chi connectivity index (χ2n) is 11.8. The van der Waals surface area contributed by atoms with Crippen LogP contribution in [0.2, 0.25) is 0 Å². The average Bonchev–Trinajstić information content (AvgIpc) is 3.33. The van der Waals surface area contributed by atoms with E-state index in [0.717, 1.165) is 42.4 Å². The van der Waals surface area contributed by atoms with E-state index in [1.165, 1.54) is 0 Å². The number of ether oxygens (including phenoxy) is 2. The number of esters is 1. The Morgan fingerprint density at radius 3 is 1.89 bits per heavy atom. The molecule has 3 aromatic rings. The zero-order valence-corrected chi connectivity index (χ0v) is 25.9. The van der Waals surface area contributed by atoms with Crippen LogP contribution < -0.4 is 15.4 Å². The minimum atomic E-state index is -0.938. The van der Waals surface area contributed by atoms with Gasteiger partial charge in [0.15, 0.2) is 0 Å². The van der Waals surface area contributed by atoms with Gasteiger partial charge < -0.3 is 25.0 Å². The van der Waals surface area contributed by atoms with Crippen molar-refractivity contribution in [2.45, 2.75) is 77.7 Å². The molecule has 2 unspecified atom stereocenters. The van der Waals surface area contributed by atoms with Gasteiger partial charge in [-0.25, -0.2) is 9.59 Å². The molecule has 3 amide bonds. The van der Waals surface area contributed by atoms with E-state index in [0.29, 0.717) is 31.9 Å². The Kier molecular flexibility index (Phi) is 12.7. The summed E-state index contributed by atoms with van der Waals surface area (Å²) in [6.07, 6.45) is 4.80. The zero-order chi connectivity index (χ0) is 31.1. The quantitative estimate of drug-likeness (QED) is 0.234. The highest BCUT2D eigenvalue weighted by Crippen LogP contribution is 2.17. The predicted octanol–water partition coefficient (Wildman–Crippen LogP) is 6.04. The van der Waals surface area contributed by atoms with Gasteiger partial charge >= 0.3 is 12.0 Å². The number of likely N-dealkylation sites (tertiary alicyclic amines) is 1. The molecule has 1 aliphatic rings. The van der Waals surface area contributed by atoms with Gasteiger partial charge in [0.25, 0.3) is 0 Å². The van der Waals surface area contributed by atoms with Crippen molar-refractivity contribution in [2.75, 3.05) is 13.1 Å². The standard InChI is InChI=1S/C36H45N3O5/c1-27(2)23-32(38-36(42)39-21-11-3-4-12-22-39)34(40)37-33(35(41)44-26-30-15-9-6-10-16-30)24-28-17-19-31(20-18-28)43-25-29-13-7-5-8-14-29/h5-10,13-20,27,32-33H,3-4,11-12,21-26H2,1-2H3,(H,37,40)(H,38,42). The highest BCUT2D eigenvalue weighted by Gasteiger charge is 2.30. The molecule has 0 saturated carbocycles. The Morgan fingerprint density at radius 2 is 1.30 bits per heavy atom. The summed E-state index contributed by atoms with van der Waals surface area (Å²) < 4.78 is 11.6. The Bertz CT molecular complexity index is 1310. The molecule has 2 N–H and O–H groups in total. The van der Waals surface area contributed by atoms with Crippen LogP contribution in [0.3, 0.4) is 0 Å². The molecule has 1 aliphatic heterocycles. The number of carbonyl (C=O) groups is 3. The minimum absolute atomic E-state index is 0.0967. The number of amides is 3. The smallest absolute Gasteiger partial charge is 0.329 e. The molecule has 3 aromatic carbocycles. The maximum absolute atomic E-state index is 13.6. The second-order valence-corrected chi connectivity index (χ2v) is 11.8. The van der Waals surface area contributed by atoms with Gasteiger partial charge in [0, 0.05) is 19.5 Å². The van der Waals surface area contributed by atoms with Crippen LogP contribution in [-0.2, 0) is 34.0 Å². The molecule has 1 saturated heterocycles. The molecule has 234 valence electrons. The summed E-state index contributed by atoms with van der Waals surface area (Å²) in [5, 5.41) is 5.86. The number of benzene rings is 3. The lowest BCUT2D eigenvalue weighted by molar-refractivity contribution is -0.149. The van der Waals surface area contributed by atoms with Crippen molar-refractivity contribution in [1.29, 1.82) is 0 Å². The molecule has 0 aromatic heterocycles. The number of nitrogens with zero attached hydrogens (tertiary/aromatic N) is 1. The summed E-state index contributed by atoms with van der Waals surface area (Å²) in [6.45, 7) is 5.92. The number of hydrogen-bond acceptors (Lipinski definition) is 5. The lowest BCUT2D eigenvalue weighted by atomic mass is 10.0. The van der Waals surface area contributed by atoms with E-state index < -0.39 is 24.0 Å². The van der Waals surface area contributed by atoms with Crippen LogP contribution in [0.5, 0.6) is 5.75 Å². The largest absolute Gasteiger partial charge is 0.489 e. The van der Waals surface area contributed by atoms with Crippen LogP contribution in [0, 0.1) is 5.92 Å². The lowest BCUT2D eigenvalue weighted by Crippen LogP contribution is -2.55. The van der Waals surface area contributed by atoms with E-state index in [9.17, 15) is 14.4 Å². The molecule has 0 aliphatic carbocycles. The van der Waals surface area contributed by atoms with Gasteiger partial charge in [-0.15, -0.1) is 0 Å². The normalized spacial score (nSPS) is 14.7. The highest BCUT2D eigenvalue weighted by atomic mass is 16.5. The molecule has 0 radical (unpaired) electrons. The Balaban J connectivity index is 1.44. The minimum Gasteiger partial charge on any atom is -0.489 e. The van der Waals surface area contributed by atoms with Crippen LogP contribution in [0.25, 0.3) is 0 Å². The number of rotatable bonds is 13. The van der Waals surface area contributed by atoms with Gasteiger partial charge in [-0.1, -0.05) is 99.5 Å². The maximum Gasteiger partial charge on any atom is 0.329 e. The second kappa shape index (κ2) is 17.1. The molecule has 44 heavy (non-hydrogen) atoms. The molecular weight excluding hydrogens is 554 g/mol. The summed E-state index contributed by atoms with van der Waals surface area (Å²) in [4.78, 5) is 41.9. The molecule has 8 heteroatoms. The molecule has 1 heterocycles. The van der Waals surface area contributed by atoms with E-state index in [1.807, 2.05) is 98.8 Å². The fourth-order valence-electron chi connectivity index (χ4n) is 5.21. The molecule has 0 bridgehead atoms. The highest BCUT2D eigenvalue weighted by molar-refractivity contribution is 5.90. The van der Waals surface area contributed by atoms with E-state index in [-0.39, 0.29) is 25.0 Å². The number of urea groups is 1. The van der Waals surface area contributed by atoms with Gasteiger partial charge in [0.2, 0.25) is 5.91 Å². The van der Waals surface area contributed by atoms with Crippen LogP contribution in [0.1, 0.15) is 62.6 Å². The van der Waals surface area contributed by atoms with E-state index >= 15 is 0 Å². The van der Waals surface area contributed by atoms with Crippen molar-refractivity contribution in [2.24, 2.45) is 5.92 Å². The Morgan fingerprint density at radius 1 is 0.705 bits per heavy atom. The van der Waals surface area contributed by atoms with Gasteiger partial charge in [0.05, 0.1) is 0 Å². The zero-order valence-electron chi connectivity index (χ0n) is 25.9. The first-order chi connectivity index (χ1) is 21.4. The molecule has 2 atom stereocenters. The van der Waals surface area contributed by atoms with Crippen LogP contribution in [0.15, 0.2) is 84.9 Å². The first-order valence-corrected chi connectivity index (χ1v) is 15.7. The van der Waals surface area contributed by atoms with Gasteiger partial charge in [-0.05, 0) is 54.0 Å². The maximum atomic E-state index is 13.6. The first kappa shape index (κ1) is 32.6. The SMILES string of the molecule is CC(C)CC(NC(=O)N1CCCCCC1)C(=O)NC(Cc1ccc(OCc2ccccc2)cc1)C(=O)OCc1ccccc1. The molecule has 0 spiro atoms. The van der Waals surface area contributed by atoms with Gasteiger partial charge in [-0.3, -0.25) is 4.79 Å². The predicted molar refractivity (Wildman–Crippen MR) is 171 cm³/mol. The third kappa shape index (κ3) is 10.7. The van der Waals surface area contributed by atoms with Crippen molar-refractivity contribution in [3.05, 3.63) is 102 Å². The van der Waals surface area contributed by atoms with E-state index in [1.54, 1.807) is 4.90 Å². The number of hydrogen-bond donors (Lipinski definition) is 2. The summed E-state index contributed by atoms with van der Waals surface area (Å²) >= 11 is 0. The third-order valence-electron chi connectivity index (χ3n) is 7.65. The van der Waals surface area contributed by atoms with E-state index in [4.69, 9.17) is 9.47 Å².